The molecular formula is C26H31N3O5. The molecule has 4 rings (SSSR count). The molecule has 1 atom stereocenters. The number of hydrogen-bond donors (Lipinski definition) is 1. The van der Waals surface area contributed by atoms with Crippen LogP contribution in [0.3, 0.4) is 0 Å². The first-order chi connectivity index (χ1) is 16.6. The minimum Gasteiger partial charge on any atom is -0.497 e. The SMILES string of the molecule is COc1ccc(Oc2c(CCC(=O)NCC3CCCO3)c(C)nn2-c2ccc(OC)cc2)cc1. The van der Waals surface area contributed by atoms with E-state index in [-0.39, 0.29) is 12.0 Å². The van der Waals surface area contributed by atoms with Crippen LogP contribution in [0, 0.1) is 6.92 Å². The molecule has 1 aliphatic heterocycles. The molecule has 8 nitrogen and oxygen atoms in total. The lowest BCUT2D eigenvalue weighted by Gasteiger charge is -2.13. The second-order valence-corrected chi connectivity index (χ2v) is 8.20. The molecule has 1 amide bonds. The lowest BCUT2D eigenvalue weighted by atomic mass is 10.1. The molecule has 2 heterocycles. The van der Waals surface area contributed by atoms with Gasteiger partial charge in [0.1, 0.15) is 17.2 Å². The lowest BCUT2D eigenvalue weighted by molar-refractivity contribution is -0.121. The number of benzene rings is 2. The predicted molar refractivity (Wildman–Crippen MR) is 128 cm³/mol. The molecule has 3 aromatic rings. The predicted octanol–water partition coefficient (Wildman–Crippen LogP) is 4.22. The number of aromatic nitrogens is 2. The van der Waals surface area contributed by atoms with Gasteiger partial charge in [0.2, 0.25) is 11.8 Å². The number of aryl methyl sites for hydroxylation is 1. The van der Waals surface area contributed by atoms with Crippen molar-refractivity contribution in [2.45, 2.75) is 38.7 Å². The van der Waals surface area contributed by atoms with E-state index in [4.69, 9.17) is 24.0 Å². The number of carbonyl (C=O) groups excluding carboxylic acids is 1. The molecule has 1 N–H and O–H groups in total. The Morgan fingerprint density at radius 2 is 1.71 bits per heavy atom. The number of methoxy groups -OCH3 is 2. The van der Waals surface area contributed by atoms with E-state index in [0.29, 0.717) is 31.0 Å². The van der Waals surface area contributed by atoms with Crippen molar-refractivity contribution in [3.05, 3.63) is 59.8 Å². The van der Waals surface area contributed by atoms with Crippen LogP contribution in [-0.2, 0) is 16.0 Å². The van der Waals surface area contributed by atoms with Crippen molar-refractivity contribution in [1.82, 2.24) is 15.1 Å². The van der Waals surface area contributed by atoms with Crippen LogP contribution >= 0.6 is 0 Å². The number of amides is 1. The molecule has 1 fully saturated rings. The van der Waals surface area contributed by atoms with E-state index in [0.717, 1.165) is 47.9 Å². The molecule has 0 saturated carbocycles. The highest BCUT2D eigenvalue weighted by Gasteiger charge is 2.21. The molecule has 1 aromatic heterocycles. The molecule has 180 valence electrons. The van der Waals surface area contributed by atoms with Gasteiger partial charge in [0.25, 0.3) is 0 Å². The van der Waals surface area contributed by atoms with Gasteiger partial charge < -0.3 is 24.3 Å². The zero-order valence-corrected chi connectivity index (χ0v) is 19.9. The van der Waals surface area contributed by atoms with Crippen LogP contribution in [0.4, 0.5) is 0 Å². The van der Waals surface area contributed by atoms with Gasteiger partial charge in [-0.1, -0.05) is 0 Å². The summed E-state index contributed by atoms with van der Waals surface area (Å²) in [4.78, 5) is 12.5. The van der Waals surface area contributed by atoms with Crippen molar-refractivity contribution in [2.75, 3.05) is 27.4 Å². The molecule has 0 radical (unpaired) electrons. The summed E-state index contributed by atoms with van der Waals surface area (Å²) in [5.41, 5.74) is 2.53. The maximum atomic E-state index is 12.5. The zero-order valence-electron chi connectivity index (χ0n) is 19.9. The van der Waals surface area contributed by atoms with E-state index in [1.54, 1.807) is 18.9 Å². The first-order valence-corrected chi connectivity index (χ1v) is 11.5. The molecule has 34 heavy (non-hydrogen) atoms. The fourth-order valence-electron chi connectivity index (χ4n) is 3.94. The highest BCUT2D eigenvalue weighted by atomic mass is 16.5. The molecule has 1 saturated heterocycles. The summed E-state index contributed by atoms with van der Waals surface area (Å²) < 4.78 is 24.2. The third kappa shape index (κ3) is 5.69. The number of nitrogens with one attached hydrogen (secondary N) is 1. The van der Waals surface area contributed by atoms with Gasteiger partial charge in [-0.05, 0) is 74.7 Å². The molecule has 0 aliphatic carbocycles. The van der Waals surface area contributed by atoms with Crippen molar-refractivity contribution < 1.29 is 23.7 Å². The Morgan fingerprint density at radius 1 is 1.06 bits per heavy atom. The van der Waals surface area contributed by atoms with Gasteiger partial charge >= 0.3 is 0 Å². The molecule has 8 heteroatoms. The Kier molecular flexibility index (Phi) is 7.69. The van der Waals surface area contributed by atoms with E-state index in [2.05, 4.69) is 5.32 Å². The second-order valence-electron chi connectivity index (χ2n) is 8.20. The highest BCUT2D eigenvalue weighted by molar-refractivity contribution is 5.76. The maximum absolute atomic E-state index is 12.5. The van der Waals surface area contributed by atoms with E-state index >= 15 is 0 Å². The fraction of sp³-hybridized carbons (Fsp3) is 0.385. The van der Waals surface area contributed by atoms with Crippen molar-refractivity contribution in [2.24, 2.45) is 0 Å². The number of nitrogens with zero attached hydrogens (tertiary/aromatic N) is 2. The van der Waals surface area contributed by atoms with Crippen LogP contribution in [0.5, 0.6) is 23.1 Å². The average Bonchev–Trinajstić information content (AvgIpc) is 3.50. The number of hydrogen-bond acceptors (Lipinski definition) is 6. The summed E-state index contributed by atoms with van der Waals surface area (Å²) in [5, 5.41) is 7.72. The second kappa shape index (κ2) is 11.1. The van der Waals surface area contributed by atoms with Crippen LogP contribution in [0.25, 0.3) is 5.69 Å². The average molecular weight is 466 g/mol. The standard InChI is InChI=1S/C26H31N3O5/c1-18-24(14-15-25(30)27-17-23-5-4-16-33-23)26(34-22-12-10-21(32-3)11-13-22)29(28-18)19-6-8-20(31-2)9-7-19/h6-13,23H,4-5,14-17H2,1-3H3,(H,27,30). The van der Waals surface area contributed by atoms with Crippen LogP contribution in [0.2, 0.25) is 0 Å². The minimum atomic E-state index is -0.0116. The highest BCUT2D eigenvalue weighted by Crippen LogP contribution is 2.32. The summed E-state index contributed by atoms with van der Waals surface area (Å²) in [5.74, 6) is 2.73. The molecular weight excluding hydrogens is 434 g/mol. The smallest absolute Gasteiger partial charge is 0.226 e. The Labute approximate surface area is 199 Å². The molecule has 1 unspecified atom stereocenters. The maximum Gasteiger partial charge on any atom is 0.226 e. The van der Waals surface area contributed by atoms with E-state index in [1.807, 2.05) is 55.5 Å². The number of carbonyl (C=O) groups is 1. The summed E-state index contributed by atoms with van der Waals surface area (Å²) >= 11 is 0. The molecule has 1 aliphatic rings. The van der Waals surface area contributed by atoms with Crippen molar-refractivity contribution in [1.29, 1.82) is 0 Å². The van der Waals surface area contributed by atoms with Gasteiger partial charge in [0.05, 0.1) is 31.7 Å². The topological polar surface area (TPSA) is 83.8 Å². The summed E-state index contributed by atoms with van der Waals surface area (Å²) in [7, 11) is 3.26. The van der Waals surface area contributed by atoms with Crippen LogP contribution in [-0.4, -0.2) is 49.2 Å². The van der Waals surface area contributed by atoms with Crippen LogP contribution < -0.4 is 19.5 Å². The minimum absolute atomic E-state index is 0.0116. The Bertz CT molecular complexity index is 1090. The van der Waals surface area contributed by atoms with Gasteiger partial charge in [0.15, 0.2) is 0 Å². The van der Waals surface area contributed by atoms with Gasteiger partial charge in [0, 0.05) is 25.1 Å². The summed E-state index contributed by atoms with van der Waals surface area (Å²) in [6.45, 7) is 3.26. The zero-order chi connectivity index (χ0) is 23.9. The van der Waals surface area contributed by atoms with Gasteiger partial charge in [-0.15, -0.1) is 0 Å². The van der Waals surface area contributed by atoms with Crippen molar-refractivity contribution >= 4 is 5.91 Å². The molecule has 2 aromatic carbocycles. The van der Waals surface area contributed by atoms with Crippen LogP contribution in [0.15, 0.2) is 48.5 Å². The Balaban J connectivity index is 1.55. The van der Waals surface area contributed by atoms with Gasteiger partial charge in [-0.2, -0.15) is 5.10 Å². The Morgan fingerprint density at radius 3 is 2.32 bits per heavy atom. The van der Waals surface area contributed by atoms with Gasteiger partial charge in [-0.25, -0.2) is 4.68 Å². The Hall–Kier alpha value is -3.52. The van der Waals surface area contributed by atoms with Crippen LogP contribution in [0.1, 0.15) is 30.5 Å². The number of ether oxygens (including phenoxy) is 4. The normalized spacial score (nSPS) is 15.2. The van der Waals surface area contributed by atoms with E-state index in [1.165, 1.54) is 0 Å². The van der Waals surface area contributed by atoms with E-state index < -0.39 is 0 Å². The fourth-order valence-corrected chi connectivity index (χ4v) is 3.94. The third-order valence-corrected chi connectivity index (χ3v) is 5.88. The van der Waals surface area contributed by atoms with E-state index in [9.17, 15) is 4.79 Å². The summed E-state index contributed by atoms with van der Waals surface area (Å²) in [6.07, 6.45) is 3.01. The monoisotopic (exact) mass is 465 g/mol. The number of rotatable bonds is 10. The summed E-state index contributed by atoms with van der Waals surface area (Å²) in [6, 6.07) is 15.0. The van der Waals surface area contributed by atoms with Gasteiger partial charge in [-0.3, -0.25) is 4.79 Å². The molecule has 0 bridgehead atoms. The first kappa shape index (κ1) is 23.6. The van der Waals surface area contributed by atoms with Crippen molar-refractivity contribution in [3.63, 3.8) is 0 Å². The third-order valence-electron chi connectivity index (χ3n) is 5.88. The molecule has 0 spiro atoms. The first-order valence-electron chi connectivity index (χ1n) is 11.5. The largest absolute Gasteiger partial charge is 0.497 e. The van der Waals surface area contributed by atoms with Crippen molar-refractivity contribution in [3.8, 4) is 28.8 Å². The quantitative estimate of drug-likeness (QED) is 0.483. The lowest BCUT2D eigenvalue weighted by Crippen LogP contribution is -2.31.